The fourth-order valence-electron chi connectivity index (χ4n) is 1.29. The Labute approximate surface area is 86.4 Å². The minimum atomic E-state index is 0.455. The van der Waals surface area contributed by atoms with Crippen molar-refractivity contribution < 1.29 is 0 Å². The second kappa shape index (κ2) is 3.89. The molecule has 2 heterocycles. The molecule has 0 unspecified atom stereocenters. The molecule has 0 atom stereocenters. The molecular formula is C9H12N4S. The molecule has 74 valence electrons. The van der Waals surface area contributed by atoms with E-state index in [1.807, 2.05) is 17.7 Å². The van der Waals surface area contributed by atoms with E-state index in [2.05, 4.69) is 21.8 Å². The maximum Gasteiger partial charge on any atom is 0.0991 e. The SMILES string of the molecule is Cc1c(CN)nnn1Cc1cccs1. The summed E-state index contributed by atoms with van der Waals surface area (Å²) in [5, 5.41) is 10.1. The van der Waals surface area contributed by atoms with Crippen LogP contribution in [0.3, 0.4) is 0 Å². The highest BCUT2D eigenvalue weighted by Gasteiger charge is 2.06. The lowest BCUT2D eigenvalue weighted by atomic mass is 10.3. The third-order valence-corrected chi connectivity index (χ3v) is 3.02. The van der Waals surface area contributed by atoms with Crippen LogP contribution >= 0.6 is 11.3 Å². The maximum absolute atomic E-state index is 5.52. The maximum atomic E-state index is 5.52. The van der Waals surface area contributed by atoms with Gasteiger partial charge in [0, 0.05) is 11.4 Å². The van der Waals surface area contributed by atoms with Gasteiger partial charge in [0.2, 0.25) is 0 Å². The average molecular weight is 208 g/mol. The molecule has 0 saturated heterocycles. The Morgan fingerprint density at radius 1 is 1.57 bits per heavy atom. The van der Waals surface area contributed by atoms with Gasteiger partial charge in [0.1, 0.15) is 0 Å². The van der Waals surface area contributed by atoms with E-state index >= 15 is 0 Å². The van der Waals surface area contributed by atoms with Gasteiger partial charge in [0.25, 0.3) is 0 Å². The first kappa shape index (κ1) is 9.36. The number of thiophene rings is 1. The molecule has 4 nitrogen and oxygen atoms in total. The molecule has 0 saturated carbocycles. The molecule has 0 amide bonds. The van der Waals surface area contributed by atoms with E-state index in [0.29, 0.717) is 6.54 Å². The zero-order valence-electron chi connectivity index (χ0n) is 7.97. The molecule has 2 N–H and O–H groups in total. The van der Waals surface area contributed by atoms with Crippen LogP contribution in [-0.4, -0.2) is 15.0 Å². The zero-order chi connectivity index (χ0) is 9.97. The van der Waals surface area contributed by atoms with Crippen molar-refractivity contribution in [2.45, 2.75) is 20.0 Å². The molecule has 0 fully saturated rings. The minimum Gasteiger partial charge on any atom is -0.325 e. The summed E-state index contributed by atoms with van der Waals surface area (Å²) < 4.78 is 1.88. The second-order valence-electron chi connectivity index (χ2n) is 3.06. The summed E-state index contributed by atoms with van der Waals surface area (Å²) in [7, 11) is 0. The molecule has 5 heteroatoms. The van der Waals surface area contributed by atoms with E-state index in [1.165, 1.54) is 4.88 Å². The summed E-state index contributed by atoms with van der Waals surface area (Å²) in [4.78, 5) is 1.28. The van der Waals surface area contributed by atoms with Crippen LogP contribution in [0.4, 0.5) is 0 Å². The predicted molar refractivity (Wildman–Crippen MR) is 56.1 cm³/mol. The van der Waals surface area contributed by atoms with Crippen molar-refractivity contribution in [2.24, 2.45) is 5.73 Å². The van der Waals surface area contributed by atoms with E-state index in [0.717, 1.165) is 17.9 Å². The Kier molecular flexibility index (Phi) is 2.60. The fraction of sp³-hybridized carbons (Fsp3) is 0.333. The Morgan fingerprint density at radius 3 is 3.00 bits per heavy atom. The van der Waals surface area contributed by atoms with Gasteiger partial charge >= 0.3 is 0 Å². The van der Waals surface area contributed by atoms with E-state index in [4.69, 9.17) is 5.73 Å². The van der Waals surface area contributed by atoms with Gasteiger partial charge in [-0.05, 0) is 18.4 Å². The quantitative estimate of drug-likeness (QED) is 0.823. The first-order valence-corrected chi connectivity index (χ1v) is 5.30. The van der Waals surface area contributed by atoms with Crippen molar-refractivity contribution in [3.8, 4) is 0 Å². The van der Waals surface area contributed by atoms with Crippen molar-refractivity contribution in [1.82, 2.24) is 15.0 Å². The highest BCUT2D eigenvalue weighted by Crippen LogP contribution is 2.12. The van der Waals surface area contributed by atoms with Crippen molar-refractivity contribution in [2.75, 3.05) is 0 Å². The highest BCUT2D eigenvalue weighted by atomic mass is 32.1. The molecule has 2 rings (SSSR count). The first-order valence-electron chi connectivity index (χ1n) is 4.42. The van der Waals surface area contributed by atoms with Gasteiger partial charge < -0.3 is 5.73 Å². The smallest absolute Gasteiger partial charge is 0.0991 e. The van der Waals surface area contributed by atoms with Gasteiger partial charge in [0.15, 0.2) is 0 Å². The molecule has 2 aromatic heterocycles. The lowest BCUT2D eigenvalue weighted by molar-refractivity contribution is 0.639. The molecule has 0 radical (unpaired) electrons. The highest BCUT2D eigenvalue weighted by molar-refractivity contribution is 7.09. The second-order valence-corrected chi connectivity index (χ2v) is 4.09. The number of nitrogens with zero attached hydrogens (tertiary/aromatic N) is 3. The zero-order valence-corrected chi connectivity index (χ0v) is 8.79. The van der Waals surface area contributed by atoms with E-state index in [1.54, 1.807) is 11.3 Å². The van der Waals surface area contributed by atoms with Gasteiger partial charge in [-0.15, -0.1) is 16.4 Å². The molecule has 0 aliphatic carbocycles. The number of hydrogen-bond acceptors (Lipinski definition) is 4. The molecule has 2 aromatic rings. The molecular weight excluding hydrogens is 196 g/mol. The Morgan fingerprint density at radius 2 is 2.43 bits per heavy atom. The van der Waals surface area contributed by atoms with Crippen molar-refractivity contribution in [3.63, 3.8) is 0 Å². The summed E-state index contributed by atoms with van der Waals surface area (Å²) >= 11 is 1.72. The van der Waals surface area contributed by atoms with Gasteiger partial charge in [-0.3, -0.25) is 0 Å². The van der Waals surface area contributed by atoms with Crippen LogP contribution < -0.4 is 5.73 Å². The Hall–Kier alpha value is -1.20. The summed E-state index contributed by atoms with van der Waals surface area (Å²) in [6, 6.07) is 4.13. The standard InChI is InChI=1S/C9H12N4S/c1-7-9(5-10)11-12-13(7)6-8-3-2-4-14-8/h2-4H,5-6,10H2,1H3. The van der Waals surface area contributed by atoms with E-state index in [-0.39, 0.29) is 0 Å². The largest absolute Gasteiger partial charge is 0.325 e. The van der Waals surface area contributed by atoms with Crippen molar-refractivity contribution >= 4 is 11.3 Å². The van der Waals surface area contributed by atoms with E-state index in [9.17, 15) is 0 Å². The van der Waals surface area contributed by atoms with Gasteiger partial charge in [-0.1, -0.05) is 11.3 Å². The van der Waals surface area contributed by atoms with Crippen LogP contribution in [0.25, 0.3) is 0 Å². The molecule has 14 heavy (non-hydrogen) atoms. The van der Waals surface area contributed by atoms with Gasteiger partial charge in [-0.25, -0.2) is 4.68 Å². The fourth-order valence-corrected chi connectivity index (χ4v) is 1.97. The number of rotatable bonds is 3. The van der Waals surface area contributed by atoms with Crippen LogP contribution in [0.1, 0.15) is 16.3 Å². The lowest BCUT2D eigenvalue weighted by Gasteiger charge is -2.00. The minimum absolute atomic E-state index is 0.455. The van der Waals surface area contributed by atoms with Crippen LogP contribution in [0, 0.1) is 6.92 Å². The summed E-state index contributed by atoms with van der Waals surface area (Å²) in [6.07, 6.45) is 0. The topological polar surface area (TPSA) is 56.7 Å². The van der Waals surface area contributed by atoms with Crippen LogP contribution in [-0.2, 0) is 13.1 Å². The third kappa shape index (κ3) is 1.69. The van der Waals surface area contributed by atoms with Crippen LogP contribution in [0.5, 0.6) is 0 Å². The third-order valence-electron chi connectivity index (χ3n) is 2.16. The lowest BCUT2D eigenvalue weighted by Crippen LogP contribution is -2.04. The van der Waals surface area contributed by atoms with Crippen LogP contribution in [0.2, 0.25) is 0 Å². The number of aromatic nitrogens is 3. The monoisotopic (exact) mass is 208 g/mol. The van der Waals surface area contributed by atoms with Gasteiger partial charge in [-0.2, -0.15) is 0 Å². The Balaban J connectivity index is 2.21. The van der Waals surface area contributed by atoms with Crippen molar-refractivity contribution in [1.29, 1.82) is 0 Å². The molecule has 0 aliphatic heterocycles. The molecule has 0 aliphatic rings. The molecule has 0 bridgehead atoms. The van der Waals surface area contributed by atoms with Crippen LogP contribution in [0.15, 0.2) is 17.5 Å². The average Bonchev–Trinajstić information content (AvgIpc) is 2.79. The first-order chi connectivity index (χ1) is 6.81. The normalized spacial score (nSPS) is 10.7. The molecule has 0 aromatic carbocycles. The van der Waals surface area contributed by atoms with E-state index < -0.39 is 0 Å². The van der Waals surface area contributed by atoms with Gasteiger partial charge in [0.05, 0.1) is 17.9 Å². The summed E-state index contributed by atoms with van der Waals surface area (Å²) in [6.45, 7) is 3.24. The summed E-state index contributed by atoms with van der Waals surface area (Å²) in [5.41, 5.74) is 7.46. The Bertz CT molecular complexity index is 404. The van der Waals surface area contributed by atoms with Crippen molar-refractivity contribution in [3.05, 3.63) is 33.8 Å². The number of hydrogen-bond donors (Lipinski definition) is 1. The summed E-state index contributed by atoms with van der Waals surface area (Å²) in [5.74, 6) is 0. The predicted octanol–water partition coefficient (Wildman–Crippen LogP) is 1.16. The number of nitrogens with two attached hydrogens (primary N) is 1. The molecule has 0 spiro atoms.